The number of aromatic nitrogens is 2. The molecule has 0 N–H and O–H groups in total. The molecule has 2 fully saturated rings. The van der Waals surface area contributed by atoms with Crippen LogP contribution in [0.5, 0.6) is 0 Å². The molecule has 1 saturated carbocycles. The number of carbonyl (C=O) groups excluding carboxylic acids is 1. The third kappa shape index (κ3) is 3.78. The number of aryl methyl sites for hydroxylation is 2. The van der Waals surface area contributed by atoms with Crippen LogP contribution in [0.15, 0.2) is 21.1 Å². The lowest BCUT2D eigenvalue weighted by Gasteiger charge is -2.28. The minimum Gasteiger partial charge on any atom is -0.464 e. The van der Waals surface area contributed by atoms with Crippen LogP contribution in [0.1, 0.15) is 80.1 Å². The summed E-state index contributed by atoms with van der Waals surface area (Å²) in [4.78, 5) is 19.3. The first-order valence-electron chi connectivity index (χ1n) is 9.39. The fraction of sp³-hybridized carbons (Fsp3) is 0.632. The molecule has 3 heterocycles. The Morgan fingerprint density at radius 3 is 2.88 bits per heavy atom. The van der Waals surface area contributed by atoms with Gasteiger partial charge in [-0.15, -0.1) is 0 Å². The topological polar surface area (TPSA) is 72.4 Å². The Morgan fingerprint density at radius 1 is 1.24 bits per heavy atom. The van der Waals surface area contributed by atoms with Gasteiger partial charge in [0.25, 0.3) is 0 Å². The van der Waals surface area contributed by atoms with Crippen molar-refractivity contribution in [3.05, 3.63) is 35.4 Å². The number of hydrogen-bond acceptors (Lipinski definition) is 5. The number of carbonyl (C=O) groups is 1. The second kappa shape index (κ2) is 7.02. The van der Waals surface area contributed by atoms with Crippen molar-refractivity contribution in [2.24, 2.45) is 0 Å². The molecule has 134 valence electrons. The molecule has 1 amide bonds. The van der Waals surface area contributed by atoms with Crippen LogP contribution >= 0.6 is 0 Å². The SMILES string of the molecule is Cc1ccc([C@@H]2CCCCCN2C(=O)CCc2nc(C3CC3)no2)o1. The summed E-state index contributed by atoms with van der Waals surface area (Å²) in [6.45, 7) is 2.74. The van der Waals surface area contributed by atoms with E-state index >= 15 is 0 Å². The van der Waals surface area contributed by atoms with Crippen LogP contribution in [0.25, 0.3) is 0 Å². The summed E-state index contributed by atoms with van der Waals surface area (Å²) in [5.41, 5.74) is 0. The van der Waals surface area contributed by atoms with Gasteiger partial charge < -0.3 is 13.8 Å². The monoisotopic (exact) mass is 343 g/mol. The van der Waals surface area contributed by atoms with Crippen LogP contribution in [-0.2, 0) is 11.2 Å². The fourth-order valence-corrected chi connectivity index (χ4v) is 3.57. The molecule has 1 saturated heterocycles. The quantitative estimate of drug-likeness (QED) is 0.822. The predicted octanol–water partition coefficient (Wildman–Crippen LogP) is 3.92. The zero-order valence-corrected chi connectivity index (χ0v) is 14.7. The highest BCUT2D eigenvalue weighted by Crippen LogP contribution is 2.38. The zero-order valence-electron chi connectivity index (χ0n) is 14.7. The Labute approximate surface area is 147 Å². The zero-order chi connectivity index (χ0) is 17.2. The highest BCUT2D eigenvalue weighted by Gasteiger charge is 2.30. The molecule has 1 aliphatic carbocycles. The van der Waals surface area contributed by atoms with Gasteiger partial charge in [-0.3, -0.25) is 4.79 Å². The average molecular weight is 343 g/mol. The van der Waals surface area contributed by atoms with Gasteiger partial charge in [0.05, 0.1) is 6.04 Å². The maximum atomic E-state index is 12.9. The smallest absolute Gasteiger partial charge is 0.227 e. The predicted molar refractivity (Wildman–Crippen MR) is 91.0 cm³/mol. The van der Waals surface area contributed by atoms with E-state index in [-0.39, 0.29) is 11.9 Å². The summed E-state index contributed by atoms with van der Waals surface area (Å²) in [6.07, 6.45) is 7.52. The van der Waals surface area contributed by atoms with E-state index in [2.05, 4.69) is 10.1 Å². The molecule has 2 aromatic rings. The lowest BCUT2D eigenvalue weighted by atomic mass is 10.1. The third-order valence-corrected chi connectivity index (χ3v) is 5.14. The highest BCUT2D eigenvalue weighted by molar-refractivity contribution is 5.76. The van der Waals surface area contributed by atoms with Crippen LogP contribution in [0.2, 0.25) is 0 Å². The van der Waals surface area contributed by atoms with Crippen molar-refractivity contribution in [3.63, 3.8) is 0 Å². The van der Waals surface area contributed by atoms with Gasteiger partial charge in [-0.1, -0.05) is 18.0 Å². The van der Waals surface area contributed by atoms with Gasteiger partial charge in [0.1, 0.15) is 11.5 Å². The van der Waals surface area contributed by atoms with Crippen LogP contribution in [-0.4, -0.2) is 27.5 Å². The first kappa shape index (κ1) is 16.4. The molecule has 25 heavy (non-hydrogen) atoms. The summed E-state index contributed by atoms with van der Waals surface area (Å²) in [6, 6.07) is 4.03. The van der Waals surface area contributed by atoms with Crippen molar-refractivity contribution < 1.29 is 13.7 Å². The van der Waals surface area contributed by atoms with E-state index in [4.69, 9.17) is 8.94 Å². The maximum absolute atomic E-state index is 12.9. The van der Waals surface area contributed by atoms with Crippen molar-refractivity contribution in [3.8, 4) is 0 Å². The van der Waals surface area contributed by atoms with E-state index in [1.165, 1.54) is 0 Å². The number of nitrogens with zero attached hydrogens (tertiary/aromatic N) is 3. The standard InChI is InChI=1S/C19H25N3O3/c1-13-6-9-16(24-13)15-5-3-2-4-12-22(15)18(23)11-10-17-20-19(21-25-17)14-7-8-14/h6,9,14-15H,2-5,7-8,10-12H2,1H3/t15-/m0/s1. The molecule has 6 heteroatoms. The Kier molecular flexibility index (Phi) is 4.59. The van der Waals surface area contributed by atoms with Crippen LogP contribution in [0.4, 0.5) is 0 Å². The van der Waals surface area contributed by atoms with E-state index < -0.39 is 0 Å². The normalized spacial score (nSPS) is 21.3. The summed E-state index contributed by atoms with van der Waals surface area (Å²) in [5.74, 6) is 3.81. The second-order valence-electron chi connectivity index (χ2n) is 7.22. The summed E-state index contributed by atoms with van der Waals surface area (Å²) in [7, 11) is 0. The van der Waals surface area contributed by atoms with Crippen molar-refractivity contribution in [2.45, 2.75) is 70.3 Å². The Morgan fingerprint density at radius 2 is 2.12 bits per heavy atom. The highest BCUT2D eigenvalue weighted by atomic mass is 16.5. The molecule has 4 rings (SSSR count). The Hall–Kier alpha value is -2.11. The van der Waals surface area contributed by atoms with E-state index in [0.29, 0.717) is 24.7 Å². The van der Waals surface area contributed by atoms with Gasteiger partial charge in [0.2, 0.25) is 11.8 Å². The molecule has 6 nitrogen and oxygen atoms in total. The minimum atomic E-state index is 0.0495. The summed E-state index contributed by atoms with van der Waals surface area (Å²) in [5, 5.41) is 4.02. The van der Waals surface area contributed by atoms with E-state index in [0.717, 1.165) is 62.4 Å². The lowest BCUT2D eigenvalue weighted by Crippen LogP contribution is -2.34. The molecular weight excluding hydrogens is 318 g/mol. The Bertz CT molecular complexity index is 732. The number of amides is 1. The first-order chi connectivity index (χ1) is 12.2. The van der Waals surface area contributed by atoms with Gasteiger partial charge in [-0.25, -0.2) is 0 Å². The van der Waals surface area contributed by atoms with Crippen molar-refractivity contribution >= 4 is 5.91 Å². The van der Waals surface area contributed by atoms with Crippen LogP contribution in [0, 0.1) is 6.92 Å². The molecule has 1 aliphatic heterocycles. The van der Waals surface area contributed by atoms with Gasteiger partial charge >= 0.3 is 0 Å². The molecule has 0 radical (unpaired) electrons. The van der Waals surface area contributed by atoms with Gasteiger partial charge in [0, 0.05) is 25.3 Å². The van der Waals surface area contributed by atoms with Crippen LogP contribution in [0.3, 0.4) is 0 Å². The Balaban J connectivity index is 1.41. The molecule has 0 unspecified atom stereocenters. The van der Waals surface area contributed by atoms with Gasteiger partial charge in [-0.05, 0) is 44.7 Å². The largest absolute Gasteiger partial charge is 0.464 e. The molecule has 0 aromatic carbocycles. The van der Waals surface area contributed by atoms with Crippen molar-refractivity contribution in [1.29, 1.82) is 0 Å². The van der Waals surface area contributed by atoms with E-state index in [9.17, 15) is 4.79 Å². The fourth-order valence-electron chi connectivity index (χ4n) is 3.57. The molecular formula is C19H25N3O3. The van der Waals surface area contributed by atoms with Gasteiger partial charge in [-0.2, -0.15) is 4.98 Å². The minimum absolute atomic E-state index is 0.0495. The number of likely N-dealkylation sites (tertiary alicyclic amines) is 1. The number of furan rings is 1. The van der Waals surface area contributed by atoms with Crippen molar-refractivity contribution in [1.82, 2.24) is 15.0 Å². The molecule has 2 aliphatic rings. The van der Waals surface area contributed by atoms with Gasteiger partial charge in [0.15, 0.2) is 5.82 Å². The number of rotatable bonds is 5. The maximum Gasteiger partial charge on any atom is 0.227 e. The lowest BCUT2D eigenvalue weighted by molar-refractivity contribution is -0.134. The second-order valence-corrected chi connectivity index (χ2v) is 7.22. The third-order valence-electron chi connectivity index (χ3n) is 5.14. The number of hydrogen-bond donors (Lipinski definition) is 0. The first-order valence-corrected chi connectivity index (χ1v) is 9.39. The average Bonchev–Trinajstić information content (AvgIpc) is 3.28. The van der Waals surface area contributed by atoms with Crippen LogP contribution < -0.4 is 0 Å². The van der Waals surface area contributed by atoms with E-state index in [1.54, 1.807) is 0 Å². The molecule has 2 aromatic heterocycles. The summed E-state index contributed by atoms with van der Waals surface area (Å²) < 4.78 is 11.1. The van der Waals surface area contributed by atoms with Crippen molar-refractivity contribution in [2.75, 3.05) is 6.54 Å². The molecule has 1 atom stereocenters. The van der Waals surface area contributed by atoms with E-state index in [1.807, 2.05) is 24.0 Å². The molecule has 0 spiro atoms. The molecule has 0 bridgehead atoms. The summed E-state index contributed by atoms with van der Waals surface area (Å²) >= 11 is 0.